The molecule has 0 aromatic carbocycles. The summed E-state index contributed by atoms with van der Waals surface area (Å²) in [6.45, 7) is 0.399. The van der Waals surface area contributed by atoms with E-state index in [0.29, 0.717) is 13.0 Å². The molecule has 1 amide bonds. The molecule has 1 fully saturated rings. The Morgan fingerprint density at radius 2 is 2.40 bits per heavy atom. The molecule has 0 aliphatic carbocycles. The van der Waals surface area contributed by atoms with Crippen molar-refractivity contribution in [3.05, 3.63) is 18.3 Å². The first kappa shape index (κ1) is 9.92. The van der Waals surface area contributed by atoms with Crippen LogP contribution in [0.1, 0.15) is 6.42 Å². The van der Waals surface area contributed by atoms with Crippen molar-refractivity contribution in [1.82, 2.24) is 4.98 Å². The minimum atomic E-state index is -0.108. The van der Waals surface area contributed by atoms with Crippen LogP contribution in [-0.2, 0) is 4.79 Å². The maximum atomic E-state index is 11.6. The summed E-state index contributed by atoms with van der Waals surface area (Å²) in [5.74, 6) is 0.102. The largest absolute Gasteiger partial charge is 0.504 e. The third-order valence-electron chi connectivity index (χ3n) is 2.49. The fourth-order valence-electron chi connectivity index (χ4n) is 1.71. The van der Waals surface area contributed by atoms with E-state index < -0.39 is 0 Å². The highest BCUT2D eigenvalue weighted by atomic mass is 16.3. The molecule has 5 nitrogen and oxygen atoms in total. The van der Waals surface area contributed by atoms with Crippen LogP contribution < -0.4 is 4.90 Å². The number of aromatic nitrogens is 1. The number of hydrogen-bond donors (Lipinski definition) is 2. The number of carbonyl (C=O) groups excluding carboxylic acids is 1. The first-order valence-corrected chi connectivity index (χ1v) is 4.77. The third kappa shape index (κ3) is 1.78. The summed E-state index contributed by atoms with van der Waals surface area (Å²) < 4.78 is 0. The number of hydrogen-bond acceptors (Lipinski definition) is 4. The zero-order valence-electron chi connectivity index (χ0n) is 8.13. The summed E-state index contributed by atoms with van der Waals surface area (Å²) >= 11 is 0. The van der Waals surface area contributed by atoms with Crippen LogP contribution in [0.3, 0.4) is 0 Å². The molecule has 1 aliphatic rings. The second-order valence-corrected chi connectivity index (χ2v) is 3.60. The lowest BCUT2D eigenvalue weighted by Gasteiger charge is -2.15. The van der Waals surface area contributed by atoms with E-state index in [1.807, 2.05) is 0 Å². The minimum absolute atomic E-state index is 0.00978. The average molecular weight is 208 g/mol. The number of aliphatic hydroxyl groups is 1. The summed E-state index contributed by atoms with van der Waals surface area (Å²) in [6, 6.07) is 3.09. The molecule has 1 aromatic rings. The van der Waals surface area contributed by atoms with Crippen molar-refractivity contribution in [3.8, 4) is 5.75 Å². The predicted molar refractivity (Wildman–Crippen MR) is 53.4 cm³/mol. The standard InChI is InChI=1S/C10H12N2O3/c13-6-7-4-9(15)12(5-7)10-8(14)2-1-3-11-10/h1-3,7,13-14H,4-6H2. The van der Waals surface area contributed by atoms with E-state index in [1.165, 1.54) is 17.2 Å². The third-order valence-corrected chi connectivity index (χ3v) is 2.49. The second kappa shape index (κ2) is 3.86. The Morgan fingerprint density at radius 1 is 1.60 bits per heavy atom. The number of amides is 1. The van der Waals surface area contributed by atoms with Crippen LogP contribution in [0.15, 0.2) is 18.3 Å². The fourth-order valence-corrected chi connectivity index (χ4v) is 1.71. The lowest BCUT2D eigenvalue weighted by molar-refractivity contribution is -0.117. The highest BCUT2D eigenvalue weighted by molar-refractivity contribution is 5.95. The number of pyridine rings is 1. The zero-order chi connectivity index (χ0) is 10.8. The summed E-state index contributed by atoms with van der Waals surface area (Å²) in [6.07, 6.45) is 1.83. The Bertz CT molecular complexity index is 381. The average Bonchev–Trinajstić information content (AvgIpc) is 2.60. The molecule has 2 N–H and O–H groups in total. The number of rotatable bonds is 2. The molecule has 1 aromatic heterocycles. The smallest absolute Gasteiger partial charge is 0.228 e. The van der Waals surface area contributed by atoms with Gasteiger partial charge in [0.25, 0.3) is 0 Å². The van der Waals surface area contributed by atoms with Gasteiger partial charge in [0, 0.05) is 31.7 Å². The predicted octanol–water partition coefficient (Wildman–Crippen LogP) is 0.132. The van der Waals surface area contributed by atoms with E-state index in [-0.39, 0.29) is 30.0 Å². The first-order chi connectivity index (χ1) is 7.22. The Balaban J connectivity index is 2.25. The van der Waals surface area contributed by atoms with E-state index in [2.05, 4.69) is 4.98 Å². The molecule has 0 spiro atoms. The van der Waals surface area contributed by atoms with Crippen LogP contribution in [-0.4, -0.2) is 34.3 Å². The fraction of sp³-hybridized carbons (Fsp3) is 0.400. The first-order valence-electron chi connectivity index (χ1n) is 4.77. The van der Waals surface area contributed by atoms with Crippen molar-refractivity contribution in [2.24, 2.45) is 5.92 Å². The van der Waals surface area contributed by atoms with Crippen LogP contribution in [0.4, 0.5) is 5.82 Å². The molecule has 0 radical (unpaired) electrons. The van der Waals surface area contributed by atoms with Crippen LogP contribution in [0, 0.1) is 5.92 Å². The van der Waals surface area contributed by atoms with E-state index in [0.717, 1.165) is 0 Å². The van der Waals surface area contributed by atoms with Gasteiger partial charge in [0.05, 0.1) is 0 Å². The van der Waals surface area contributed by atoms with Crippen LogP contribution in [0.5, 0.6) is 5.75 Å². The minimum Gasteiger partial charge on any atom is -0.504 e. The Hall–Kier alpha value is -1.62. The summed E-state index contributed by atoms with van der Waals surface area (Å²) in [4.78, 5) is 16.9. The molecule has 5 heteroatoms. The van der Waals surface area contributed by atoms with Crippen molar-refractivity contribution in [2.45, 2.75) is 6.42 Å². The van der Waals surface area contributed by atoms with Gasteiger partial charge in [0.1, 0.15) is 0 Å². The summed E-state index contributed by atoms with van der Waals surface area (Å²) in [5.41, 5.74) is 0. The molecular formula is C10H12N2O3. The number of carbonyl (C=O) groups is 1. The number of aromatic hydroxyl groups is 1. The van der Waals surface area contributed by atoms with Gasteiger partial charge >= 0.3 is 0 Å². The van der Waals surface area contributed by atoms with Gasteiger partial charge in [-0.05, 0) is 12.1 Å². The van der Waals surface area contributed by atoms with Crippen molar-refractivity contribution in [2.75, 3.05) is 18.1 Å². The van der Waals surface area contributed by atoms with Gasteiger partial charge in [0.15, 0.2) is 11.6 Å². The van der Waals surface area contributed by atoms with Gasteiger partial charge in [0.2, 0.25) is 5.91 Å². The molecule has 15 heavy (non-hydrogen) atoms. The van der Waals surface area contributed by atoms with E-state index in [9.17, 15) is 9.90 Å². The summed E-state index contributed by atoms with van der Waals surface area (Å²) in [5, 5.41) is 18.5. The zero-order valence-corrected chi connectivity index (χ0v) is 8.13. The molecule has 0 bridgehead atoms. The van der Waals surface area contributed by atoms with Crippen molar-refractivity contribution in [1.29, 1.82) is 0 Å². The quantitative estimate of drug-likeness (QED) is 0.724. The van der Waals surface area contributed by atoms with Gasteiger partial charge in [-0.2, -0.15) is 0 Å². The maximum absolute atomic E-state index is 11.6. The molecule has 1 aliphatic heterocycles. The van der Waals surface area contributed by atoms with Crippen LogP contribution in [0.2, 0.25) is 0 Å². The number of nitrogens with zero attached hydrogens (tertiary/aromatic N) is 2. The Morgan fingerprint density at radius 3 is 3.00 bits per heavy atom. The van der Waals surface area contributed by atoms with Crippen molar-refractivity contribution < 1.29 is 15.0 Å². The van der Waals surface area contributed by atoms with Crippen LogP contribution >= 0.6 is 0 Å². The van der Waals surface area contributed by atoms with E-state index in [1.54, 1.807) is 6.07 Å². The van der Waals surface area contributed by atoms with Gasteiger partial charge in [-0.3, -0.25) is 9.69 Å². The van der Waals surface area contributed by atoms with Gasteiger partial charge in [-0.15, -0.1) is 0 Å². The molecule has 80 valence electrons. The summed E-state index contributed by atoms with van der Waals surface area (Å²) in [7, 11) is 0. The number of anilines is 1. The molecule has 0 saturated carbocycles. The van der Waals surface area contributed by atoms with Crippen molar-refractivity contribution in [3.63, 3.8) is 0 Å². The molecule has 2 rings (SSSR count). The molecule has 1 saturated heterocycles. The Kier molecular flexibility index (Phi) is 2.55. The molecule has 1 atom stereocenters. The van der Waals surface area contributed by atoms with Crippen LogP contribution in [0.25, 0.3) is 0 Å². The number of aliphatic hydroxyl groups excluding tert-OH is 1. The van der Waals surface area contributed by atoms with E-state index >= 15 is 0 Å². The molecule has 2 heterocycles. The normalized spacial score (nSPS) is 21.0. The van der Waals surface area contributed by atoms with Gasteiger partial charge in [-0.25, -0.2) is 4.98 Å². The highest BCUT2D eigenvalue weighted by Crippen LogP contribution is 2.29. The molecular weight excluding hydrogens is 196 g/mol. The topological polar surface area (TPSA) is 73.7 Å². The monoisotopic (exact) mass is 208 g/mol. The van der Waals surface area contributed by atoms with Crippen molar-refractivity contribution >= 4 is 11.7 Å². The van der Waals surface area contributed by atoms with Gasteiger partial charge in [-0.1, -0.05) is 0 Å². The van der Waals surface area contributed by atoms with Gasteiger partial charge < -0.3 is 10.2 Å². The maximum Gasteiger partial charge on any atom is 0.228 e. The molecule has 1 unspecified atom stereocenters. The Labute approximate surface area is 87.0 Å². The SMILES string of the molecule is O=C1CC(CO)CN1c1ncccc1O. The highest BCUT2D eigenvalue weighted by Gasteiger charge is 2.32. The lowest BCUT2D eigenvalue weighted by atomic mass is 10.1. The second-order valence-electron chi connectivity index (χ2n) is 3.60. The lowest BCUT2D eigenvalue weighted by Crippen LogP contribution is -2.25. The van der Waals surface area contributed by atoms with E-state index in [4.69, 9.17) is 5.11 Å².